The van der Waals surface area contributed by atoms with Crippen LogP contribution in [-0.4, -0.2) is 35.4 Å². The van der Waals surface area contributed by atoms with Crippen LogP contribution in [0.1, 0.15) is 48.2 Å². The highest BCUT2D eigenvalue weighted by Gasteiger charge is 2.23. The first-order chi connectivity index (χ1) is 9.22. The molecule has 1 aliphatic carbocycles. The third kappa shape index (κ3) is 3.53. The molecular weight excluding hydrogens is 238 g/mol. The van der Waals surface area contributed by atoms with Crippen LogP contribution in [0.3, 0.4) is 0 Å². The Bertz CT molecular complexity index is 427. The molecule has 1 aromatic heterocycles. The van der Waals surface area contributed by atoms with E-state index in [1.54, 1.807) is 12.3 Å². The van der Waals surface area contributed by atoms with Crippen molar-refractivity contribution in [2.75, 3.05) is 13.6 Å². The van der Waals surface area contributed by atoms with Crippen LogP contribution < -0.4 is 5.73 Å². The smallest absolute Gasteiger partial charge is 0.253 e. The Morgan fingerprint density at radius 3 is 2.84 bits per heavy atom. The number of hydrogen-bond donors (Lipinski definition) is 1. The van der Waals surface area contributed by atoms with Crippen LogP contribution >= 0.6 is 0 Å². The molecule has 0 aliphatic heterocycles. The first-order valence-electron chi connectivity index (χ1n) is 7.14. The van der Waals surface area contributed by atoms with Crippen molar-refractivity contribution < 1.29 is 4.79 Å². The largest absolute Gasteiger partial charge is 0.339 e. The lowest BCUT2D eigenvalue weighted by Crippen LogP contribution is -2.38. The third-order valence-corrected chi connectivity index (χ3v) is 3.91. The number of aromatic nitrogens is 1. The molecule has 1 saturated carbocycles. The number of rotatable bonds is 4. The van der Waals surface area contributed by atoms with Gasteiger partial charge in [-0.3, -0.25) is 9.78 Å². The number of carbonyl (C=O) groups excluding carboxylic acids is 1. The highest BCUT2D eigenvalue weighted by Crippen LogP contribution is 2.22. The van der Waals surface area contributed by atoms with Crippen LogP contribution in [0.2, 0.25) is 0 Å². The molecule has 0 bridgehead atoms. The summed E-state index contributed by atoms with van der Waals surface area (Å²) in [6.07, 6.45) is 8.44. The fraction of sp³-hybridized carbons (Fsp3) is 0.600. The number of amides is 1. The molecule has 1 fully saturated rings. The minimum atomic E-state index is 0.104. The number of nitrogens with zero attached hydrogens (tertiary/aromatic N) is 2. The Labute approximate surface area is 115 Å². The zero-order chi connectivity index (χ0) is 13.7. The summed E-state index contributed by atoms with van der Waals surface area (Å²) in [7, 11) is 1.92. The van der Waals surface area contributed by atoms with Gasteiger partial charge < -0.3 is 10.6 Å². The van der Waals surface area contributed by atoms with Gasteiger partial charge in [-0.05, 0) is 31.5 Å². The van der Waals surface area contributed by atoms with Crippen molar-refractivity contribution in [1.82, 2.24) is 9.88 Å². The van der Waals surface area contributed by atoms with Gasteiger partial charge in [-0.25, -0.2) is 0 Å². The first-order valence-corrected chi connectivity index (χ1v) is 7.14. The summed E-state index contributed by atoms with van der Waals surface area (Å²) in [6, 6.07) is 4.06. The molecule has 0 aromatic carbocycles. The summed E-state index contributed by atoms with van der Waals surface area (Å²) in [5.74, 6) is 0.104. The molecule has 1 heterocycles. The Morgan fingerprint density at radius 1 is 1.42 bits per heavy atom. The Morgan fingerprint density at radius 2 is 2.16 bits per heavy atom. The van der Waals surface area contributed by atoms with Gasteiger partial charge in [0.15, 0.2) is 0 Å². The zero-order valence-electron chi connectivity index (χ0n) is 11.6. The zero-order valence-corrected chi connectivity index (χ0v) is 11.6. The van der Waals surface area contributed by atoms with Crippen LogP contribution in [0.25, 0.3) is 0 Å². The summed E-state index contributed by atoms with van der Waals surface area (Å²) in [5, 5.41) is 0. The van der Waals surface area contributed by atoms with Crippen molar-refractivity contribution in [2.45, 2.75) is 44.6 Å². The van der Waals surface area contributed by atoms with E-state index in [1.165, 1.54) is 19.3 Å². The summed E-state index contributed by atoms with van der Waals surface area (Å²) in [6.45, 7) is 0.559. The van der Waals surface area contributed by atoms with Crippen molar-refractivity contribution in [3.05, 3.63) is 29.6 Å². The molecule has 19 heavy (non-hydrogen) atoms. The Hall–Kier alpha value is -1.42. The molecule has 1 aromatic rings. The lowest BCUT2D eigenvalue weighted by atomic mass is 9.94. The minimum Gasteiger partial charge on any atom is -0.339 e. The van der Waals surface area contributed by atoms with Crippen molar-refractivity contribution in [1.29, 1.82) is 0 Å². The molecule has 4 heteroatoms. The third-order valence-electron chi connectivity index (χ3n) is 3.91. The van der Waals surface area contributed by atoms with Crippen LogP contribution in [-0.2, 0) is 6.42 Å². The maximum atomic E-state index is 12.5. The van der Waals surface area contributed by atoms with E-state index in [9.17, 15) is 4.79 Å². The lowest BCUT2D eigenvalue weighted by Gasteiger charge is -2.31. The van der Waals surface area contributed by atoms with Gasteiger partial charge in [0.25, 0.3) is 5.91 Å². The maximum Gasteiger partial charge on any atom is 0.253 e. The summed E-state index contributed by atoms with van der Waals surface area (Å²) < 4.78 is 0. The average molecular weight is 261 g/mol. The number of carbonyl (C=O) groups is 1. The topological polar surface area (TPSA) is 59.2 Å². The van der Waals surface area contributed by atoms with Gasteiger partial charge in [-0.15, -0.1) is 0 Å². The maximum absolute atomic E-state index is 12.5. The lowest BCUT2D eigenvalue weighted by molar-refractivity contribution is 0.0696. The summed E-state index contributed by atoms with van der Waals surface area (Å²) in [4.78, 5) is 18.6. The van der Waals surface area contributed by atoms with Crippen LogP contribution in [0, 0.1) is 0 Å². The van der Waals surface area contributed by atoms with E-state index < -0.39 is 0 Å². The van der Waals surface area contributed by atoms with Crippen LogP contribution in [0.4, 0.5) is 0 Å². The molecular formula is C15H23N3O. The van der Waals surface area contributed by atoms with Gasteiger partial charge in [0.1, 0.15) is 0 Å². The van der Waals surface area contributed by atoms with Gasteiger partial charge in [0.05, 0.1) is 0 Å². The molecule has 104 valence electrons. The fourth-order valence-electron chi connectivity index (χ4n) is 2.73. The predicted octanol–water partition coefficient (Wildman–Crippen LogP) is 1.99. The van der Waals surface area contributed by atoms with Gasteiger partial charge >= 0.3 is 0 Å². The molecule has 1 aliphatic rings. The average Bonchev–Trinajstić information content (AvgIpc) is 2.47. The van der Waals surface area contributed by atoms with E-state index >= 15 is 0 Å². The Balaban J connectivity index is 2.07. The van der Waals surface area contributed by atoms with Crippen LogP contribution in [0.5, 0.6) is 0 Å². The second kappa shape index (κ2) is 6.66. The van der Waals surface area contributed by atoms with E-state index in [0.29, 0.717) is 19.0 Å². The fourth-order valence-corrected chi connectivity index (χ4v) is 2.73. The molecule has 0 spiro atoms. The molecule has 4 nitrogen and oxygen atoms in total. The molecule has 0 unspecified atom stereocenters. The quantitative estimate of drug-likeness (QED) is 0.901. The molecule has 0 saturated heterocycles. The SMILES string of the molecule is CN(C(=O)c1ccnc(CCN)c1)C1CCCCC1. The highest BCUT2D eigenvalue weighted by atomic mass is 16.2. The molecule has 1 amide bonds. The molecule has 0 radical (unpaired) electrons. The molecule has 2 N–H and O–H groups in total. The van der Waals surface area contributed by atoms with E-state index in [1.807, 2.05) is 18.0 Å². The van der Waals surface area contributed by atoms with E-state index in [2.05, 4.69) is 4.98 Å². The van der Waals surface area contributed by atoms with Crippen molar-refractivity contribution in [3.63, 3.8) is 0 Å². The number of hydrogen-bond acceptors (Lipinski definition) is 3. The van der Waals surface area contributed by atoms with Gasteiger partial charge in [0, 0.05) is 37.0 Å². The monoisotopic (exact) mass is 261 g/mol. The van der Waals surface area contributed by atoms with Gasteiger partial charge in [-0.2, -0.15) is 0 Å². The van der Waals surface area contributed by atoms with E-state index in [-0.39, 0.29) is 5.91 Å². The van der Waals surface area contributed by atoms with Gasteiger partial charge in [0.2, 0.25) is 0 Å². The second-order valence-electron chi connectivity index (χ2n) is 5.28. The van der Waals surface area contributed by atoms with Crippen molar-refractivity contribution >= 4 is 5.91 Å². The van der Waals surface area contributed by atoms with E-state index in [4.69, 9.17) is 5.73 Å². The molecule has 2 rings (SSSR count). The first kappa shape index (κ1) is 14.0. The minimum absolute atomic E-state index is 0.104. The Kier molecular flexibility index (Phi) is 4.91. The van der Waals surface area contributed by atoms with Crippen LogP contribution in [0.15, 0.2) is 18.3 Å². The molecule has 0 atom stereocenters. The van der Waals surface area contributed by atoms with E-state index in [0.717, 1.165) is 24.1 Å². The van der Waals surface area contributed by atoms with Crippen molar-refractivity contribution in [3.8, 4) is 0 Å². The number of nitrogens with two attached hydrogens (primary N) is 1. The van der Waals surface area contributed by atoms with Gasteiger partial charge in [-0.1, -0.05) is 19.3 Å². The summed E-state index contributed by atoms with van der Waals surface area (Å²) >= 11 is 0. The van der Waals surface area contributed by atoms with Crippen molar-refractivity contribution in [2.24, 2.45) is 5.73 Å². The normalized spacial score (nSPS) is 16.3. The standard InChI is InChI=1S/C15H23N3O/c1-18(14-5-3-2-4-6-14)15(19)12-8-10-17-13(11-12)7-9-16/h8,10-11,14H,2-7,9,16H2,1H3. The highest BCUT2D eigenvalue weighted by molar-refractivity contribution is 5.94. The predicted molar refractivity (Wildman–Crippen MR) is 76.0 cm³/mol. The summed E-state index contributed by atoms with van der Waals surface area (Å²) in [5.41, 5.74) is 7.15. The second-order valence-corrected chi connectivity index (χ2v) is 5.28. The number of pyridine rings is 1.